The molecule has 5 heteroatoms. The van der Waals surface area contributed by atoms with Crippen LogP contribution in [0.1, 0.15) is 29.5 Å². The summed E-state index contributed by atoms with van der Waals surface area (Å²) in [4.78, 5) is 0. The van der Waals surface area contributed by atoms with Crippen molar-refractivity contribution in [2.75, 3.05) is 21.0 Å². The minimum absolute atomic E-state index is 0.167. The van der Waals surface area contributed by atoms with E-state index in [-0.39, 0.29) is 6.79 Å². The van der Waals surface area contributed by atoms with Crippen LogP contribution in [0.2, 0.25) is 0 Å². The van der Waals surface area contributed by atoms with Gasteiger partial charge in [-0.3, -0.25) is 0 Å². The Morgan fingerprint density at radius 3 is 2.03 bits per heavy atom. The van der Waals surface area contributed by atoms with Crippen molar-refractivity contribution >= 4 is 0 Å². The van der Waals surface area contributed by atoms with Crippen molar-refractivity contribution in [3.63, 3.8) is 0 Å². The molecule has 0 unspecified atom stereocenters. The van der Waals surface area contributed by atoms with Gasteiger partial charge in [-0.05, 0) is 36.5 Å². The molecule has 0 atom stereocenters. The molecule has 0 fully saturated rings. The highest BCUT2D eigenvalue weighted by Gasteiger charge is 2.31. The zero-order valence-electron chi connectivity index (χ0n) is 17.3. The van der Waals surface area contributed by atoms with Crippen LogP contribution in [0.3, 0.4) is 0 Å². The van der Waals surface area contributed by atoms with Crippen LogP contribution in [-0.4, -0.2) is 26.1 Å². The molecule has 156 valence electrons. The first kappa shape index (κ1) is 20.1. The Hall–Kier alpha value is -3.18. The Morgan fingerprint density at radius 2 is 1.47 bits per heavy atom. The van der Waals surface area contributed by atoms with E-state index in [1.54, 1.807) is 14.2 Å². The second-order valence-electron chi connectivity index (χ2n) is 7.28. The van der Waals surface area contributed by atoms with E-state index < -0.39 is 5.60 Å². The van der Waals surface area contributed by atoms with Crippen molar-refractivity contribution in [3.05, 3.63) is 83.4 Å². The molecule has 0 amide bonds. The molecule has 1 heterocycles. The van der Waals surface area contributed by atoms with Crippen LogP contribution in [0.4, 0.5) is 0 Å². The van der Waals surface area contributed by atoms with Crippen LogP contribution >= 0.6 is 0 Å². The normalized spacial score (nSPS) is 12.6. The lowest BCUT2D eigenvalue weighted by atomic mass is 9.82. The number of hydrogen-bond acceptors (Lipinski definition) is 5. The number of aryl methyl sites for hydroxylation is 1. The van der Waals surface area contributed by atoms with E-state index in [0.29, 0.717) is 35.8 Å². The molecular weight excluding hydrogens is 380 g/mol. The van der Waals surface area contributed by atoms with Crippen molar-refractivity contribution < 1.29 is 24.1 Å². The third-order valence-electron chi connectivity index (χ3n) is 5.55. The van der Waals surface area contributed by atoms with Gasteiger partial charge in [-0.25, -0.2) is 0 Å². The fourth-order valence-electron chi connectivity index (χ4n) is 4.06. The van der Waals surface area contributed by atoms with Gasteiger partial charge in [0, 0.05) is 5.56 Å². The fourth-order valence-corrected chi connectivity index (χ4v) is 4.06. The van der Waals surface area contributed by atoms with E-state index in [2.05, 4.69) is 0 Å². The molecule has 1 N–H and O–H groups in total. The molecule has 0 radical (unpaired) electrons. The number of aliphatic hydroxyl groups is 1. The van der Waals surface area contributed by atoms with Crippen molar-refractivity contribution in [1.82, 2.24) is 0 Å². The molecule has 30 heavy (non-hydrogen) atoms. The van der Waals surface area contributed by atoms with Crippen LogP contribution in [0, 0.1) is 0 Å². The highest BCUT2D eigenvalue weighted by atomic mass is 16.7. The summed E-state index contributed by atoms with van der Waals surface area (Å²) >= 11 is 0. The number of hydrogen-bond donors (Lipinski definition) is 1. The largest absolute Gasteiger partial charge is 0.492 e. The molecule has 3 aromatic carbocycles. The van der Waals surface area contributed by atoms with Crippen molar-refractivity contribution in [1.29, 1.82) is 0 Å². The topological polar surface area (TPSA) is 57.2 Å². The van der Waals surface area contributed by atoms with Gasteiger partial charge < -0.3 is 24.1 Å². The molecule has 0 saturated carbocycles. The molecule has 1 aliphatic rings. The summed E-state index contributed by atoms with van der Waals surface area (Å²) in [5.41, 5.74) is 1.65. The molecular formula is C25H26O5. The van der Waals surface area contributed by atoms with E-state index in [1.807, 2.05) is 66.7 Å². The molecule has 1 aliphatic heterocycles. The Kier molecular flexibility index (Phi) is 5.81. The van der Waals surface area contributed by atoms with E-state index in [1.165, 1.54) is 0 Å². The van der Waals surface area contributed by atoms with E-state index in [4.69, 9.17) is 18.9 Å². The number of ether oxygens (including phenoxy) is 4. The first-order valence-electron chi connectivity index (χ1n) is 10.0. The van der Waals surface area contributed by atoms with Gasteiger partial charge in [0.2, 0.25) is 18.3 Å². The second-order valence-corrected chi connectivity index (χ2v) is 7.28. The van der Waals surface area contributed by atoms with Crippen molar-refractivity contribution in [2.24, 2.45) is 0 Å². The van der Waals surface area contributed by atoms with Crippen LogP contribution in [0.15, 0.2) is 66.7 Å². The molecule has 0 aliphatic carbocycles. The van der Waals surface area contributed by atoms with Gasteiger partial charge in [-0.1, -0.05) is 60.7 Å². The second kappa shape index (κ2) is 8.67. The Labute approximate surface area is 176 Å². The summed E-state index contributed by atoms with van der Waals surface area (Å²) in [6.45, 7) is 0.167. The zero-order valence-corrected chi connectivity index (χ0v) is 17.3. The number of fused-ring (bicyclic) bond motifs is 1. The number of rotatable bonds is 8. The van der Waals surface area contributed by atoms with E-state index in [9.17, 15) is 5.11 Å². The van der Waals surface area contributed by atoms with E-state index >= 15 is 0 Å². The predicted molar refractivity (Wildman–Crippen MR) is 114 cm³/mol. The van der Waals surface area contributed by atoms with Gasteiger partial charge in [-0.15, -0.1) is 0 Å². The zero-order chi connectivity index (χ0) is 21.0. The van der Waals surface area contributed by atoms with Gasteiger partial charge in [0.25, 0.3) is 0 Å². The SMILES string of the molecule is COc1c(CCCC(O)(c2ccccc2)c2ccccc2)cc2c(c1OC)OCO2. The van der Waals surface area contributed by atoms with Gasteiger partial charge >= 0.3 is 0 Å². The lowest BCUT2D eigenvalue weighted by Gasteiger charge is -2.29. The summed E-state index contributed by atoms with van der Waals surface area (Å²) in [5, 5.41) is 11.7. The van der Waals surface area contributed by atoms with Gasteiger partial charge in [0.05, 0.1) is 14.2 Å². The quantitative estimate of drug-likeness (QED) is 0.588. The smallest absolute Gasteiger partial charge is 0.231 e. The maximum absolute atomic E-state index is 11.7. The van der Waals surface area contributed by atoms with Gasteiger partial charge in [0.15, 0.2) is 11.5 Å². The summed E-state index contributed by atoms with van der Waals surface area (Å²) in [6.07, 6.45) is 1.98. The highest BCUT2D eigenvalue weighted by Crippen LogP contribution is 2.49. The molecule has 0 saturated heterocycles. The van der Waals surface area contributed by atoms with Crippen molar-refractivity contribution in [3.8, 4) is 23.0 Å². The molecule has 4 rings (SSSR count). The monoisotopic (exact) mass is 406 g/mol. The minimum Gasteiger partial charge on any atom is -0.492 e. The minimum atomic E-state index is -1.07. The first-order valence-corrected chi connectivity index (χ1v) is 10.0. The highest BCUT2D eigenvalue weighted by molar-refractivity contribution is 5.63. The summed E-state index contributed by atoms with van der Waals surface area (Å²) in [6, 6.07) is 21.5. The standard InChI is InChI=1S/C25H26O5/c1-27-22-18(16-21-23(24(22)28-2)30-17-29-21)10-9-15-25(26,19-11-5-3-6-12-19)20-13-7-4-8-14-20/h3-8,11-14,16,26H,9-10,15,17H2,1-2H3. The van der Waals surface area contributed by atoms with Crippen LogP contribution in [0.25, 0.3) is 0 Å². The Balaban J connectivity index is 1.60. The predicted octanol–water partition coefficient (Wildman–Crippen LogP) is 4.69. The number of methoxy groups -OCH3 is 2. The number of benzene rings is 3. The fraction of sp³-hybridized carbons (Fsp3) is 0.280. The van der Waals surface area contributed by atoms with Crippen LogP contribution in [-0.2, 0) is 12.0 Å². The van der Waals surface area contributed by atoms with Gasteiger partial charge in [-0.2, -0.15) is 0 Å². The summed E-state index contributed by atoms with van der Waals surface area (Å²) in [7, 11) is 3.21. The molecule has 0 spiro atoms. The van der Waals surface area contributed by atoms with Crippen LogP contribution in [0.5, 0.6) is 23.0 Å². The first-order chi connectivity index (χ1) is 14.7. The molecule has 0 bridgehead atoms. The Morgan fingerprint density at radius 1 is 0.867 bits per heavy atom. The molecule has 5 nitrogen and oxygen atoms in total. The average molecular weight is 406 g/mol. The van der Waals surface area contributed by atoms with E-state index in [0.717, 1.165) is 23.1 Å². The summed E-state index contributed by atoms with van der Waals surface area (Å²) < 4.78 is 22.2. The Bertz CT molecular complexity index is 946. The summed E-state index contributed by atoms with van der Waals surface area (Å²) in [5.74, 6) is 2.42. The third kappa shape index (κ3) is 3.68. The van der Waals surface area contributed by atoms with Gasteiger partial charge in [0.1, 0.15) is 5.60 Å². The lowest BCUT2D eigenvalue weighted by molar-refractivity contribution is 0.0687. The maximum Gasteiger partial charge on any atom is 0.231 e. The average Bonchev–Trinajstić information content (AvgIpc) is 3.27. The maximum atomic E-state index is 11.7. The lowest BCUT2D eigenvalue weighted by Crippen LogP contribution is -2.27. The molecule has 0 aromatic heterocycles. The molecule has 3 aromatic rings. The van der Waals surface area contributed by atoms with Crippen LogP contribution < -0.4 is 18.9 Å². The third-order valence-corrected chi connectivity index (χ3v) is 5.55. The van der Waals surface area contributed by atoms with Crippen molar-refractivity contribution in [2.45, 2.75) is 24.9 Å².